The zero-order valence-corrected chi connectivity index (χ0v) is 11.4. The van der Waals surface area contributed by atoms with Gasteiger partial charge in [-0.05, 0) is 18.3 Å². The van der Waals surface area contributed by atoms with Gasteiger partial charge in [0.1, 0.15) is 5.69 Å². The maximum absolute atomic E-state index is 11.2. The van der Waals surface area contributed by atoms with Crippen LogP contribution < -0.4 is 5.32 Å². The first-order chi connectivity index (χ1) is 8.34. The lowest BCUT2D eigenvalue weighted by molar-refractivity contribution is -0.384. The molecule has 18 heavy (non-hydrogen) atoms. The Morgan fingerprint density at radius 3 is 2.61 bits per heavy atom. The lowest BCUT2D eigenvalue weighted by atomic mass is 10.1. The maximum Gasteiger partial charge on any atom is 0.334 e. The van der Waals surface area contributed by atoms with E-state index in [0.29, 0.717) is 16.9 Å². The lowest BCUT2D eigenvalue weighted by Gasteiger charge is -2.10. The second-order valence-electron chi connectivity index (χ2n) is 5.78. The lowest BCUT2D eigenvalue weighted by Crippen LogP contribution is -2.14. The molecule has 6 nitrogen and oxygen atoms in total. The van der Waals surface area contributed by atoms with Crippen LogP contribution in [0.5, 0.6) is 0 Å². The van der Waals surface area contributed by atoms with Crippen LogP contribution in [0.1, 0.15) is 45.2 Å². The van der Waals surface area contributed by atoms with Crippen molar-refractivity contribution in [1.29, 1.82) is 0 Å². The second-order valence-corrected chi connectivity index (χ2v) is 5.78. The van der Waals surface area contributed by atoms with Crippen molar-refractivity contribution < 1.29 is 4.92 Å². The Kier molecular flexibility index (Phi) is 3.04. The smallest absolute Gasteiger partial charge is 0.334 e. The molecule has 0 bridgehead atoms. The molecule has 1 N–H and O–H groups in total. The highest BCUT2D eigenvalue weighted by Gasteiger charge is 2.38. The normalized spacial score (nSPS) is 16.9. The van der Waals surface area contributed by atoms with Gasteiger partial charge >= 0.3 is 5.69 Å². The van der Waals surface area contributed by atoms with Crippen LogP contribution in [-0.2, 0) is 7.05 Å². The molecule has 1 saturated carbocycles. The third-order valence-electron chi connectivity index (χ3n) is 3.56. The van der Waals surface area contributed by atoms with E-state index in [1.54, 1.807) is 11.7 Å². The predicted octanol–water partition coefficient (Wildman–Crippen LogP) is 2.66. The van der Waals surface area contributed by atoms with E-state index < -0.39 is 0 Å². The van der Waals surface area contributed by atoms with Crippen LogP contribution >= 0.6 is 0 Å². The van der Waals surface area contributed by atoms with E-state index in [1.807, 2.05) is 13.8 Å². The third kappa shape index (κ3) is 2.32. The van der Waals surface area contributed by atoms with Crippen molar-refractivity contribution in [2.75, 3.05) is 11.9 Å². The molecule has 0 aromatic carbocycles. The Hall–Kier alpha value is -1.59. The summed E-state index contributed by atoms with van der Waals surface area (Å²) in [6.45, 7) is 6.79. The standard InChI is InChI=1S/C12H20N4O2/c1-8(2)9-10(16(17)18)11(15(4)14-9)13-7-12(3)5-6-12/h8,13H,5-7H2,1-4H3. The van der Waals surface area contributed by atoms with E-state index in [4.69, 9.17) is 0 Å². The van der Waals surface area contributed by atoms with Crippen LogP contribution in [-0.4, -0.2) is 21.2 Å². The Morgan fingerprint density at radius 2 is 2.17 bits per heavy atom. The first-order valence-corrected chi connectivity index (χ1v) is 6.29. The van der Waals surface area contributed by atoms with Gasteiger partial charge in [-0.3, -0.25) is 10.1 Å². The molecule has 0 atom stereocenters. The highest BCUT2D eigenvalue weighted by atomic mass is 16.6. The molecule has 0 spiro atoms. The number of aryl methyl sites for hydroxylation is 1. The van der Waals surface area contributed by atoms with Crippen LogP contribution in [0.4, 0.5) is 11.5 Å². The molecule has 1 aliphatic carbocycles. The number of nitrogens with zero attached hydrogens (tertiary/aromatic N) is 3. The molecule has 2 rings (SSSR count). The number of anilines is 1. The number of rotatable bonds is 5. The van der Waals surface area contributed by atoms with E-state index in [1.165, 1.54) is 12.8 Å². The first kappa shape index (κ1) is 12.9. The summed E-state index contributed by atoms with van der Waals surface area (Å²) in [5, 5.41) is 18.7. The average molecular weight is 252 g/mol. The van der Waals surface area contributed by atoms with Crippen molar-refractivity contribution in [2.45, 2.75) is 39.5 Å². The Labute approximate surface area is 107 Å². The summed E-state index contributed by atoms with van der Waals surface area (Å²) in [6, 6.07) is 0. The number of hydrogen-bond donors (Lipinski definition) is 1. The van der Waals surface area contributed by atoms with E-state index in [-0.39, 0.29) is 16.5 Å². The van der Waals surface area contributed by atoms with Crippen molar-refractivity contribution in [3.05, 3.63) is 15.8 Å². The zero-order valence-electron chi connectivity index (χ0n) is 11.4. The largest absolute Gasteiger partial charge is 0.364 e. The Bertz CT molecular complexity index is 475. The SMILES string of the molecule is CC(C)c1nn(C)c(NCC2(C)CC2)c1[N+](=O)[O-]. The molecule has 0 unspecified atom stereocenters. The van der Waals surface area contributed by atoms with Gasteiger partial charge in [0.05, 0.1) is 4.92 Å². The molecular weight excluding hydrogens is 232 g/mol. The molecule has 100 valence electrons. The quantitative estimate of drug-likeness (QED) is 0.646. The number of nitro groups is 1. The molecule has 0 radical (unpaired) electrons. The molecule has 0 saturated heterocycles. The van der Waals surface area contributed by atoms with E-state index >= 15 is 0 Å². The van der Waals surface area contributed by atoms with Crippen LogP contribution in [0.25, 0.3) is 0 Å². The van der Waals surface area contributed by atoms with Crippen LogP contribution in [0, 0.1) is 15.5 Å². The minimum atomic E-state index is -0.333. The number of hydrogen-bond acceptors (Lipinski definition) is 4. The van der Waals surface area contributed by atoms with Gasteiger partial charge < -0.3 is 5.32 Å². The molecule has 1 aromatic rings. The minimum Gasteiger partial charge on any atom is -0.364 e. The minimum absolute atomic E-state index is 0.0451. The maximum atomic E-state index is 11.2. The van der Waals surface area contributed by atoms with Gasteiger partial charge in [-0.2, -0.15) is 5.10 Å². The highest BCUT2D eigenvalue weighted by molar-refractivity contribution is 5.60. The van der Waals surface area contributed by atoms with Gasteiger partial charge in [0.2, 0.25) is 5.82 Å². The monoisotopic (exact) mass is 252 g/mol. The van der Waals surface area contributed by atoms with Crippen molar-refractivity contribution in [3.8, 4) is 0 Å². The van der Waals surface area contributed by atoms with Gasteiger partial charge in [-0.25, -0.2) is 4.68 Å². The number of nitrogens with one attached hydrogen (secondary N) is 1. The van der Waals surface area contributed by atoms with Crippen molar-refractivity contribution in [1.82, 2.24) is 9.78 Å². The second kappa shape index (κ2) is 4.26. The Balaban J connectivity index is 2.29. The fourth-order valence-corrected chi connectivity index (χ4v) is 1.99. The summed E-state index contributed by atoms with van der Waals surface area (Å²) in [5.74, 6) is 0.570. The van der Waals surface area contributed by atoms with Gasteiger partial charge in [0, 0.05) is 19.5 Å². The molecule has 1 aliphatic rings. The molecule has 1 fully saturated rings. The fraction of sp³-hybridized carbons (Fsp3) is 0.750. The summed E-state index contributed by atoms with van der Waals surface area (Å²) >= 11 is 0. The topological polar surface area (TPSA) is 73.0 Å². The van der Waals surface area contributed by atoms with Gasteiger partial charge in [0.25, 0.3) is 0 Å². The zero-order chi connectivity index (χ0) is 13.5. The molecule has 1 aromatic heterocycles. The fourth-order valence-electron chi connectivity index (χ4n) is 1.99. The molecule has 1 heterocycles. The molecule has 0 aliphatic heterocycles. The van der Waals surface area contributed by atoms with E-state index in [2.05, 4.69) is 17.3 Å². The van der Waals surface area contributed by atoms with Crippen LogP contribution in [0.15, 0.2) is 0 Å². The predicted molar refractivity (Wildman–Crippen MR) is 69.8 cm³/mol. The van der Waals surface area contributed by atoms with E-state index in [9.17, 15) is 10.1 Å². The highest BCUT2D eigenvalue weighted by Crippen LogP contribution is 2.45. The Morgan fingerprint density at radius 1 is 1.56 bits per heavy atom. The van der Waals surface area contributed by atoms with Gasteiger partial charge in [-0.1, -0.05) is 20.8 Å². The summed E-state index contributed by atoms with van der Waals surface area (Å²) in [7, 11) is 1.75. The van der Waals surface area contributed by atoms with Crippen LogP contribution in [0.3, 0.4) is 0 Å². The van der Waals surface area contributed by atoms with Crippen LogP contribution in [0.2, 0.25) is 0 Å². The van der Waals surface area contributed by atoms with Crippen molar-refractivity contribution >= 4 is 11.5 Å². The summed E-state index contributed by atoms with van der Waals surface area (Å²) in [5.41, 5.74) is 0.971. The third-order valence-corrected chi connectivity index (χ3v) is 3.56. The van der Waals surface area contributed by atoms with E-state index in [0.717, 1.165) is 6.54 Å². The van der Waals surface area contributed by atoms with Gasteiger partial charge in [-0.15, -0.1) is 0 Å². The van der Waals surface area contributed by atoms with Gasteiger partial charge in [0.15, 0.2) is 0 Å². The summed E-state index contributed by atoms with van der Waals surface area (Å²) in [6.07, 6.45) is 2.37. The first-order valence-electron chi connectivity index (χ1n) is 6.29. The average Bonchev–Trinajstić information content (AvgIpc) is 2.88. The van der Waals surface area contributed by atoms with Crippen molar-refractivity contribution in [2.24, 2.45) is 12.5 Å². The molecular formula is C12H20N4O2. The summed E-state index contributed by atoms with van der Waals surface area (Å²) < 4.78 is 1.58. The number of aromatic nitrogens is 2. The van der Waals surface area contributed by atoms with Crippen molar-refractivity contribution in [3.63, 3.8) is 0 Å². The molecule has 0 amide bonds. The molecule has 6 heteroatoms. The summed E-state index contributed by atoms with van der Waals surface area (Å²) in [4.78, 5) is 10.9.